The number of likely N-dealkylation sites (N-methyl/N-ethyl adjacent to an activating group) is 1. The monoisotopic (exact) mass is 477 g/mol. The maximum Gasteiger partial charge on any atom is 0.329 e. The van der Waals surface area contributed by atoms with E-state index >= 15 is 0 Å². The normalized spacial score (nSPS) is 12.9. The van der Waals surface area contributed by atoms with Gasteiger partial charge in [0.2, 0.25) is 0 Å². The van der Waals surface area contributed by atoms with E-state index in [1.807, 2.05) is 66.5 Å². The molecule has 0 saturated carbocycles. The number of rotatable bonds is 13. The Hall–Kier alpha value is -3.54. The zero-order valence-electron chi connectivity index (χ0n) is 22.0. The molecule has 0 aliphatic heterocycles. The van der Waals surface area contributed by atoms with Gasteiger partial charge in [-0.1, -0.05) is 30.4 Å². The molecule has 0 spiro atoms. The van der Waals surface area contributed by atoms with Gasteiger partial charge in [0.05, 0.1) is 13.7 Å². The molecule has 188 valence electrons. The highest BCUT2D eigenvalue weighted by Gasteiger charge is 2.20. The highest BCUT2D eigenvalue weighted by molar-refractivity contribution is 5.97. The standard InChI is InChI=1S/C29H39N3O3/c1-8-25(21-26(30-5)19-22(2)3)23(4)31(6)17-18-35-27-13-11-24(12-14-27)20-28(29(33)34-7)32-15-9-10-16-32/h8-16,19,28H,1,17-18,20-21H2,2-7H3/b25-23+,30-26?. The van der Waals surface area contributed by atoms with Gasteiger partial charge in [-0.15, -0.1) is 0 Å². The molecule has 0 amide bonds. The predicted molar refractivity (Wildman–Crippen MR) is 144 cm³/mol. The molecule has 35 heavy (non-hydrogen) atoms. The summed E-state index contributed by atoms with van der Waals surface area (Å²) in [6.07, 6.45) is 9.07. The van der Waals surface area contributed by atoms with Crippen LogP contribution in [0, 0.1) is 0 Å². The van der Waals surface area contributed by atoms with Gasteiger partial charge >= 0.3 is 5.97 Å². The molecule has 1 heterocycles. The number of ether oxygens (including phenoxy) is 2. The van der Waals surface area contributed by atoms with E-state index in [9.17, 15) is 4.79 Å². The molecule has 1 atom stereocenters. The van der Waals surface area contributed by atoms with Gasteiger partial charge in [-0.05, 0) is 62.2 Å². The molecule has 0 aliphatic carbocycles. The van der Waals surface area contributed by atoms with Crippen molar-refractivity contribution in [2.24, 2.45) is 4.99 Å². The fraction of sp³-hybridized carbons (Fsp3) is 0.379. The Labute approximate surface area is 210 Å². The van der Waals surface area contributed by atoms with Crippen molar-refractivity contribution in [3.63, 3.8) is 0 Å². The van der Waals surface area contributed by atoms with Crippen molar-refractivity contribution in [2.45, 2.75) is 39.7 Å². The quantitative estimate of drug-likeness (QED) is 0.213. The molecule has 1 aromatic carbocycles. The zero-order chi connectivity index (χ0) is 25.8. The average molecular weight is 478 g/mol. The number of aliphatic imine (C=N–C) groups is 1. The van der Waals surface area contributed by atoms with E-state index in [1.54, 1.807) is 0 Å². The van der Waals surface area contributed by atoms with Crippen LogP contribution in [-0.2, 0) is 16.0 Å². The van der Waals surface area contributed by atoms with Crippen LogP contribution in [0.4, 0.5) is 0 Å². The number of carbonyl (C=O) groups is 1. The van der Waals surface area contributed by atoms with Crippen LogP contribution < -0.4 is 4.74 Å². The van der Waals surface area contributed by atoms with Crippen LogP contribution in [0.15, 0.2) is 89.4 Å². The van der Waals surface area contributed by atoms with Gasteiger partial charge in [0.25, 0.3) is 0 Å². The van der Waals surface area contributed by atoms with Crippen molar-refractivity contribution in [3.8, 4) is 5.75 Å². The topological polar surface area (TPSA) is 56.1 Å². The number of methoxy groups -OCH3 is 1. The molecule has 6 heteroatoms. The summed E-state index contributed by atoms with van der Waals surface area (Å²) in [7, 11) is 5.30. The van der Waals surface area contributed by atoms with Crippen LogP contribution >= 0.6 is 0 Å². The largest absolute Gasteiger partial charge is 0.492 e. The van der Waals surface area contributed by atoms with Crippen molar-refractivity contribution in [2.75, 3.05) is 34.4 Å². The molecule has 1 aromatic heterocycles. The van der Waals surface area contributed by atoms with Crippen LogP contribution in [0.25, 0.3) is 0 Å². The number of esters is 1. The number of allylic oxidation sites excluding steroid dienone is 5. The van der Waals surface area contributed by atoms with Gasteiger partial charge in [0, 0.05) is 50.7 Å². The second-order valence-corrected chi connectivity index (χ2v) is 8.72. The third-order valence-electron chi connectivity index (χ3n) is 5.91. The molecule has 0 saturated heterocycles. The molecule has 0 radical (unpaired) electrons. The van der Waals surface area contributed by atoms with Gasteiger partial charge in [-0.3, -0.25) is 4.99 Å². The van der Waals surface area contributed by atoms with Crippen LogP contribution in [0.5, 0.6) is 5.75 Å². The van der Waals surface area contributed by atoms with Crippen LogP contribution in [0.2, 0.25) is 0 Å². The lowest BCUT2D eigenvalue weighted by Gasteiger charge is -2.23. The number of benzene rings is 1. The number of carbonyl (C=O) groups excluding carboxylic acids is 1. The highest BCUT2D eigenvalue weighted by Crippen LogP contribution is 2.20. The highest BCUT2D eigenvalue weighted by atomic mass is 16.5. The summed E-state index contributed by atoms with van der Waals surface area (Å²) in [6, 6.07) is 11.3. The maximum absolute atomic E-state index is 12.2. The van der Waals surface area contributed by atoms with Gasteiger partial charge in [-0.25, -0.2) is 4.79 Å². The maximum atomic E-state index is 12.2. The Morgan fingerprint density at radius 2 is 1.83 bits per heavy atom. The Kier molecular flexibility index (Phi) is 11.1. The van der Waals surface area contributed by atoms with Crippen LogP contribution in [0.3, 0.4) is 0 Å². The van der Waals surface area contributed by atoms with E-state index in [0.717, 1.165) is 41.3 Å². The van der Waals surface area contributed by atoms with Gasteiger partial charge in [0.15, 0.2) is 0 Å². The number of nitrogens with zero attached hydrogens (tertiary/aromatic N) is 3. The fourth-order valence-corrected chi connectivity index (χ4v) is 3.73. The molecule has 2 aromatic rings. The Morgan fingerprint density at radius 1 is 1.17 bits per heavy atom. The summed E-state index contributed by atoms with van der Waals surface area (Å²) in [5, 5.41) is 0. The van der Waals surface area contributed by atoms with E-state index < -0.39 is 0 Å². The molecule has 0 bridgehead atoms. The first-order valence-electron chi connectivity index (χ1n) is 11.8. The Bertz CT molecular complexity index is 1040. The van der Waals surface area contributed by atoms with Crippen LogP contribution in [0.1, 0.15) is 38.8 Å². The first-order chi connectivity index (χ1) is 16.8. The Balaban J connectivity index is 1.94. The van der Waals surface area contributed by atoms with E-state index in [0.29, 0.717) is 13.0 Å². The summed E-state index contributed by atoms with van der Waals surface area (Å²) < 4.78 is 12.8. The van der Waals surface area contributed by atoms with Crippen molar-refractivity contribution in [1.29, 1.82) is 0 Å². The van der Waals surface area contributed by atoms with E-state index in [-0.39, 0.29) is 12.0 Å². The molecule has 1 unspecified atom stereocenters. The molecule has 6 nitrogen and oxygen atoms in total. The predicted octanol–water partition coefficient (Wildman–Crippen LogP) is 5.64. The SMILES string of the molecule is C=C/C(CC(C=C(C)C)=NC)=C(/C)N(C)CCOc1ccc(CC(C(=O)OC)n2cccc2)cc1. The third kappa shape index (κ3) is 8.63. The summed E-state index contributed by atoms with van der Waals surface area (Å²) >= 11 is 0. The lowest BCUT2D eigenvalue weighted by molar-refractivity contribution is -0.144. The molecular formula is C29H39N3O3. The van der Waals surface area contributed by atoms with E-state index in [2.05, 4.69) is 50.4 Å². The molecule has 0 aliphatic rings. The number of hydrogen-bond acceptors (Lipinski definition) is 5. The minimum Gasteiger partial charge on any atom is -0.492 e. The van der Waals surface area contributed by atoms with E-state index in [4.69, 9.17) is 9.47 Å². The third-order valence-corrected chi connectivity index (χ3v) is 5.91. The minimum absolute atomic E-state index is 0.259. The molecular weight excluding hydrogens is 438 g/mol. The summed E-state index contributed by atoms with van der Waals surface area (Å²) in [6.45, 7) is 11.5. The summed E-state index contributed by atoms with van der Waals surface area (Å²) in [5.41, 5.74) is 5.61. The minimum atomic E-state index is -0.390. The second-order valence-electron chi connectivity index (χ2n) is 8.72. The first-order valence-corrected chi connectivity index (χ1v) is 11.8. The lowest BCUT2D eigenvalue weighted by Crippen LogP contribution is -2.24. The van der Waals surface area contributed by atoms with Gasteiger partial charge in [-0.2, -0.15) is 0 Å². The van der Waals surface area contributed by atoms with Gasteiger partial charge in [0.1, 0.15) is 18.4 Å². The lowest BCUT2D eigenvalue weighted by atomic mass is 10.0. The summed E-state index contributed by atoms with van der Waals surface area (Å²) in [5.74, 6) is 0.539. The van der Waals surface area contributed by atoms with Crippen molar-refractivity contribution >= 4 is 11.7 Å². The second kappa shape index (κ2) is 14.0. The average Bonchev–Trinajstić information content (AvgIpc) is 3.39. The smallest absolute Gasteiger partial charge is 0.329 e. The fourth-order valence-electron chi connectivity index (χ4n) is 3.73. The molecule has 0 N–H and O–H groups in total. The van der Waals surface area contributed by atoms with E-state index in [1.165, 1.54) is 12.7 Å². The van der Waals surface area contributed by atoms with Crippen molar-refractivity contribution in [3.05, 3.63) is 89.9 Å². The van der Waals surface area contributed by atoms with Crippen molar-refractivity contribution < 1.29 is 14.3 Å². The van der Waals surface area contributed by atoms with Gasteiger partial charge < -0.3 is 18.9 Å². The number of hydrogen-bond donors (Lipinski definition) is 0. The van der Waals surface area contributed by atoms with Crippen molar-refractivity contribution in [1.82, 2.24) is 9.47 Å². The van der Waals surface area contributed by atoms with Crippen LogP contribution in [-0.4, -0.2) is 55.5 Å². The molecule has 0 fully saturated rings. The molecule has 2 rings (SSSR count). The zero-order valence-corrected chi connectivity index (χ0v) is 22.0. The first kappa shape index (κ1) is 27.7. The summed E-state index contributed by atoms with van der Waals surface area (Å²) in [4.78, 5) is 18.8. The Morgan fingerprint density at radius 3 is 2.37 bits per heavy atom. The number of aromatic nitrogens is 1.